The summed E-state index contributed by atoms with van der Waals surface area (Å²) in [4.78, 5) is 4.34. The van der Waals surface area contributed by atoms with Crippen LogP contribution in [0.5, 0.6) is 0 Å². The van der Waals surface area contributed by atoms with Gasteiger partial charge in [0.25, 0.3) is 0 Å². The first-order chi connectivity index (χ1) is 10.8. The lowest BCUT2D eigenvalue weighted by Crippen LogP contribution is -1.86. The first-order valence-corrected chi connectivity index (χ1v) is 7.53. The van der Waals surface area contributed by atoms with Crippen LogP contribution in [-0.2, 0) is 6.42 Å². The van der Waals surface area contributed by atoms with E-state index in [1.54, 1.807) is 6.20 Å². The van der Waals surface area contributed by atoms with Gasteiger partial charge in [-0.25, -0.2) is 4.98 Å². The van der Waals surface area contributed by atoms with Crippen LogP contribution in [-0.4, -0.2) is 4.98 Å². The van der Waals surface area contributed by atoms with Crippen LogP contribution in [0, 0.1) is 0 Å². The minimum Gasteiger partial charge on any atom is -0.437 e. The summed E-state index contributed by atoms with van der Waals surface area (Å²) in [5.41, 5.74) is 3.68. The highest BCUT2D eigenvalue weighted by Gasteiger charge is 2.04. The maximum Gasteiger partial charge on any atom is 0.219 e. The van der Waals surface area contributed by atoms with Gasteiger partial charge < -0.3 is 4.42 Å². The minimum atomic E-state index is 0.671. The number of hydrogen-bond donors (Lipinski definition) is 0. The molecule has 0 amide bonds. The first-order valence-electron chi connectivity index (χ1n) is 7.53. The van der Waals surface area contributed by atoms with Gasteiger partial charge in [0, 0.05) is 5.56 Å². The molecule has 0 aliphatic rings. The van der Waals surface area contributed by atoms with Crippen LogP contribution in [0.3, 0.4) is 0 Å². The predicted octanol–water partition coefficient (Wildman–Crippen LogP) is 5.38. The highest BCUT2D eigenvalue weighted by atomic mass is 16.4. The Bertz CT molecular complexity index is 742. The molecule has 3 rings (SSSR count). The van der Waals surface area contributed by atoms with Crippen LogP contribution in [0.15, 0.2) is 76.9 Å². The van der Waals surface area contributed by atoms with Gasteiger partial charge in [0.2, 0.25) is 5.89 Å². The molecule has 22 heavy (non-hydrogen) atoms. The van der Waals surface area contributed by atoms with Crippen LogP contribution >= 0.6 is 0 Å². The van der Waals surface area contributed by atoms with Crippen molar-refractivity contribution in [3.8, 4) is 11.3 Å². The van der Waals surface area contributed by atoms with Crippen molar-refractivity contribution in [1.82, 2.24) is 4.98 Å². The Hall–Kier alpha value is -2.61. The molecule has 3 aromatic rings. The Morgan fingerprint density at radius 3 is 2.41 bits per heavy atom. The van der Waals surface area contributed by atoms with E-state index in [4.69, 9.17) is 4.42 Å². The molecule has 0 saturated heterocycles. The molecule has 0 fully saturated rings. The minimum absolute atomic E-state index is 0.671. The SMILES string of the molecule is C/C(=C\c1ncc(-c2ccccc2)o1)CCc1ccccc1. The van der Waals surface area contributed by atoms with Gasteiger partial charge in [-0.3, -0.25) is 0 Å². The zero-order valence-electron chi connectivity index (χ0n) is 12.7. The summed E-state index contributed by atoms with van der Waals surface area (Å²) in [5, 5.41) is 0. The fraction of sp³-hybridized carbons (Fsp3) is 0.150. The number of nitrogens with zero attached hydrogens (tertiary/aromatic N) is 1. The van der Waals surface area contributed by atoms with Gasteiger partial charge in [-0.2, -0.15) is 0 Å². The smallest absolute Gasteiger partial charge is 0.219 e. The monoisotopic (exact) mass is 289 g/mol. The molecular formula is C20H19NO. The summed E-state index contributed by atoms with van der Waals surface area (Å²) in [6.45, 7) is 2.12. The van der Waals surface area contributed by atoms with Crippen LogP contribution in [0.25, 0.3) is 17.4 Å². The molecule has 0 aliphatic heterocycles. The third kappa shape index (κ3) is 3.73. The van der Waals surface area contributed by atoms with E-state index in [1.807, 2.05) is 42.5 Å². The van der Waals surface area contributed by atoms with E-state index in [0.717, 1.165) is 24.2 Å². The molecule has 0 spiro atoms. The molecule has 0 unspecified atom stereocenters. The first kappa shape index (κ1) is 14.3. The third-order valence-corrected chi connectivity index (χ3v) is 3.60. The summed E-state index contributed by atoms with van der Waals surface area (Å²) in [6.07, 6.45) is 5.85. The molecule has 2 heteroatoms. The van der Waals surface area contributed by atoms with Crippen molar-refractivity contribution in [2.24, 2.45) is 0 Å². The molecule has 2 nitrogen and oxygen atoms in total. The molecule has 0 atom stereocenters. The Balaban J connectivity index is 1.66. The second-order valence-corrected chi connectivity index (χ2v) is 5.41. The van der Waals surface area contributed by atoms with Gasteiger partial charge in [0.1, 0.15) is 0 Å². The summed E-state index contributed by atoms with van der Waals surface area (Å²) >= 11 is 0. The molecule has 1 aromatic heterocycles. The van der Waals surface area contributed by atoms with Gasteiger partial charge in [0.05, 0.1) is 6.20 Å². The second kappa shape index (κ2) is 6.90. The van der Waals surface area contributed by atoms with Gasteiger partial charge in [-0.15, -0.1) is 0 Å². The lowest BCUT2D eigenvalue weighted by molar-refractivity contribution is 0.559. The topological polar surface area (TPSA) is 26.0 Å². The normalized spacial score (nSPS) is 11.6. The number of rotatable bonds is 5. The zero-order chi connectivity index (χ0) is 15.2. The van der Waals surface area contributed by atoms with Crippen molar-refractivity contribution < 1.29 is 4.42 Å². The highest BCUT2D eigenvalue weighted by Crippen LogP contribution is 2.21. The summed E-state index contributed by atoms with van der Waals surface area (Å²) in [6, 6.07) is 20.6. The van der Waals surface area contributed by atoms with E-state index in [2.05, 4.69) is 36.2 Å². The predicted molar refractivity (Wildman–Crippen MR) is 90.4 cm³/mol. The Labute approximate surface area is 131 Å². The Morgan fingerprint density at radius 2 is 1.68 bits per heavy atom. The quantitative estimate of drug-likeness (QED) is 0.630. The molecule has 2 aromatic carbocycles. The average Bonchev–Trinajstić information content (AvgIpc) is 3.03. The van der Waals surface area contributed by atoms with Crippen LogP contribution < -0.4 is 0 Å². The van der Waals surface area contributed by atoms with E-state index in [-0.39, 0.29) is 0 Å². The van der Waals surface area contributed by atoms with E-state index in [9.17, 15) is 0 Å². The molecule has 0 aliphatic carbocycles. The van der Waals surface area contributed by atoms with Crippen LogP contribution in [0.2, 0.25) is 0 Å². The maximum atomic E-state index is 5.80. The highest BCUT2D eigenvalue weighted by molar-refractivity contribution is 5.57. The van der Waals surface area contributed by atoms with E-state index >= 15 is 0 Å². The van der Waals surface area contributed by atoms with Crippen molar-refractivity contribution in [1.29, 1.82) is 0 Å². The number of aryl methyl sites for hydroxylation is 1. The molecule has 0 N–H and O–H groups in total. The average molecular weight is 289 g/mol. The number of aromatic nitrogens is 1. The van der Waals surface area contributed by atoms with Crippen molar-refractivity contribution in [3.63, 3.8) is 0 Å². The number of oxazole rings is 1. The largest absolute Gasteiger partial charge is 0.437 e. The summed E-state index contributed by atoms with van der Waals surface area (Å²) in [5.74, 6) is 1.48. The Morgan fingerprint density at radius 1 is 1.00 bits per heavy atom. The molecule has 110 valence electrons. The van der Waals surface area contributed by atoms with Crippen molar-refractivity contribution >= 4 is 6.08 Å². The van der Waals surface area contributed by atoms with Crippen LogP contribution in [0.1, 0.15) is 24.8 Å². The molecular weight excluding hydrogens is 270 g/mol. The molecule has 0 bridgehead atoms. The van der Waals surface area contributed by atoms with Gasteiger partial charge in [0.15, 0.2) is 5.76 Å². The summed E-state index contributed by atoms with van der Waals surface area (Å²) < 4.78 is 5.80. The van der Waals surface area contributed by atoms with Gasteiger partial charge in [-0.1, -0.05) is 66.2 Å². The lowest BCUT2D eigenvalue weighted by Gasteiger charge is -2.01. The fourth-order valence-electron chi connectivity index (χ4n) is 2.36. The fourth-order valence-corrected chi connectivity index (χ4v) is 2.36. The van der Waals surface area contributed by atoms with Gasteiger partial charge >= 0.3 is 0 Å². The second-order valence-electron chi connectivity index (χ2n) is 5.41. The van der Waals surface area contributed by atoms with Crippen LogP contribution in [0.4, 0.5) is 0 Å². The molecule has 0 saturated carbocycles. The van der Waals surface area contributed by atoms with Crippen molar-refractivity contribution in [2.75, 3.05) is 0 Å². The summed E-state index contributed by atoms with van der Waals surface area (Å²) in [7, 11) is 0. The number of benzene rings is 2. The Kier molecular flexibility index (Phi) is 4.50. The van der Waals surface area contributed by atoms with Gasteiger partial charge in [-0.05, 0) is 31.4 Å². The number of allylic oxidation sites excluding steroid dienone is 1. The third-order valence-electron chi connectivity index (χ3n) is 3.60. The lowest BCUT2D eigenvalue weighted by atomic mass is 10.1. The molecule has 0 radical (unpaired) electrons. The van der Waals surface area contributed by atoms with E-state index in [0.29, 0.717) is 5.89 Å². The van der Waals surface area contributed by atoms with Crippen molar-refractivity contribution in [2.45, 2.75) is 19.8 Å². The zero-order valence-corrected chi connectivity index (χ0v) is 12.7. The molecule has 1 heterocycles. The van der Waals surface area contributed by atoms with E-state index in [1.165, 1.54) is 11.1 Å². The number of hydrogen-bond acceptors (Lipinski definition) is 2. The maximum absolute atomic E-state index is 5.80. The van der Waals surface area contributed by atoms with Crippen molar-refractivity contribution in [3.05, 3.63) is 83.9 Å². The standard InChI is InChI=1S/C20H19NO/c1-16(12-13-17-8-4-2-5-9-17)14-20-21-15-19(22-20)18-10-6-3-7-11-18/h2-11,14-15H,12-13H2,1H3/b16-14+. The van der Waals surface area contributed by atoms with E-state index < -0.39 is 0 Å².